The first-order chi connectivity index (χ1) is 11.9. The molecular weight excluding hydrogens is 321 g/mol. The van der Waals surface area contributed by atoms with Gasteiger partial charge >= 0.3 is 6.03 Å². The van der Waals surface area contributed by atoms with Gasteiger partial charge in [0.05, 0.1) is 11.6 Å². The van der Waals surface area contributed by atoms with Gasteiger partial charge in [-0.25, -0.2) is 9.18 Å². The smallest absolute Gasteiger partial charge is 0.319 e. The van der Waals surface area contributed by atoms with Gasteiger partial charge in [0.2, 0.25) is 0 Å². The first-order valence-electron chi connectivity index (χ1n) is 7.86. The van der Waals surface area contributed by atoms with E-state index in [9.17, 15) is 14.0 Å². The summed E-state index contributed by atoms with van der Waals surface area (Å²) in [5.74, 6) is -0.736. The lowest BCUT2D eigenvalue weighted by Crippen LogP contribution is -2.45. The van der Waals surface area contributed by atoms with E-state index in [0.29, 0.717) is 17.0 Å². The van der Waals surface area contributed by atoms with E-state index >= 15 is 0 Å². The number of urea groups is 1. The third-order valence-electron chi connectivity index (χ3n) is 4.03. The van der Waals surface area contributed by atoms with Gasteiger partial charge in [0.25, 0.3) is 5.91 Å². The quantitative estimate of drug-likeness (QED) is 0.802. The van der Waals surface area contributed by atoms with Crippen molar-refractivity contribution in [1.82, 2.24) is 10.6 Å². The predicted octanol–water partition coefficient (Wildman–Crippen LogP) is 3.40. The van der Waals surface area contributed by atoms with Crippen LogP contribution in [0.15, 0.2) is 59.8 Å². The van der Waals surface area contributed by atoms with Gasteiger partial charge in [-0.15, -0.1) is 0 Å². The molecule has 1 aliphatic rings. The maximum atomic E-state index is 13.0. The summed E-state index contributed by atoms with van der Waals surface area (Å²) >= 11 is 0. The minimum atomic E-state index is -0.560. The van der Waals surface area contributed by atoms with Gasteiger partial charge in [-0.1, -0.05) is 29.8 Å². The van der Waals surface area contributed by atoms with E-state index in [1.807, 2.05) is 31.2 Å². The van der Waals surface area contributed by atoms with Gasteiger partial charge in [-0.3, -0.25) is 4.79 Å². The van der Waals surface area contributed by atoms with Crippen LogP contribution in [0.2, 0.25) is 0 Å². The molecule has 0 saturated carbocycles. The summed E-state index contributed by atoms with van der Waals surface area (Å²) in [7, 11) is 0. The first-order valence-corrected chi connectivity index (χ1v) is 7.86. The Hall–Kier alpha value is -3.15. The number of nitrogens with one attached hydrogen (secondary N) is 3. The van der Waals surface area contributed by atoms with Crippen LogP contribution in [-0.2, 0) is 4.79 Å². The Morgan fingerprint density at radius 3 is 2.32 bits per heavy atom. The molecule has 3 rings (SSSR count). The maximum Gasteiger partial charge on any atom is 0.319 e. The second kappa shape index (κ2) is 6.76. The molecule has 1 unspecified atom stereocenters. The number of anilines is 1. The zero-order valence-electron chi connectivity index (χ0n) is 13.9. The summed E-state index contributed by atoms with van der Waals surface area (Å²) in [6.45, 7) is 3.65. The number of allylic oxidation sites excluding steroid dienone is 1. The maximum absolute atomic E-state index is 13.0. The summed E-state index contributed by atoms with van der Waals surface area (Å²) in [6, 6.07) is 12.2. The number of halogens is 1. The molecule has 6 heteroatoms. The Morgan fingerprint density at radius 2 is 1.68 bits per heavy atom. The van der Waals surface area contributed by atoms with Crippen molar-refractivity contribution in [3.63, 3.8) is 0 Å². The van der Waals surface area contributed by atoms with E-state index in [1.54, 1.807) is 6.92 Å². The van der Waals surface area contributed by atoms with E-state index in [-0.39, 0.29) is 17.8 Å². The summed E-state index contributed by atoms with van der Waals surface area (Å²) in [5.41, 5.74) is 3.26. The number of rotatable bonds is 3. The third kappa shape index (κ3) is 3.68. The molecule has 3 amide bonds. The molecule has 1 atom stereocenters. The molecule has 0 fully saturated rings. The molecule has 1 aliphatic heterocycles. The lowest BCUT2D eigenvalue weighted by Gasteiger charge is -2.28. The molecule has 0 aromatic heterocycles. The minimum absolute atomic E-state index is 0.359. The van der Waals surface area contributed by atoms with E-state index < -0.39 is 6.04 Å². The number of amides is 3. The first kappa shape index (κ1) is 16.7. The average Bonchev–Trinajstić information content (AvgIpc) is 2.57. The summed E-state index contributed by atoms with van der Waals surface area (Å²) < 4.78 is 13.0. The minimum Gasteiger partial charge on any atom is -0.327 e. The van der Waals surface area contributed by atoms with Crippen LogP contribution in [0.1, 0.15) is 24.1 Å². The molecule has 128 valence electrons. The van der Waals surface area contributed by atoms with Crippen LogP contribution in [0, 0.1) is 12.7 Å². The van der Waals surface area contributed by atoms with Crippen LogP contribution in [0.3, 0.4) is 0 Å². The van der Waals surface area contributed by atoms with Gasteiger partial charge in [0.15, 0.2) is 0 Å². The van der Waals surface area contributed by atoms with Crippen molar-refractivity contribution in [3.8, 4) is 0 Å². The number of carbonyl (C=O) groups excluding carboxylic acids is 2. The highest BCUT2D eigenvalue weighted by Gasteiger charge is 2.31. The second-order valence-electron chi connectivity index (χ2n) is 5.94. The van der Waals surface area contributed by atoms with Crippen molar-refractivity contribution >= 4 is 17.6 Å². The highest BCUT2D eigenvalue weighted by molar-refractivity contribution is 6.06. The number of hydrogen-bond donors (Lipinski definition) is 3. The molecule has 0 bridgehead atoms. The molecule has 2 aromatic rings. The van der Waals surface area contributed by atoms with Gasteiger partial charge in [-0.05, 0) is 43.7 Å². The van der Waals surface area contributed by atoms with E-state index in [0.717, 1.165) is 11.1 Å². The number of aryl methyl sites for hydroxylation is 1. The number of hydrogen-bond acceptors (Lipinski definition) is 2. The SMILES string of the molecule is CC1=C(C(=O)Nc2ccc(F)cc2)C(c2ccc(C)cc2)NC(=O)N1. The molecule has 25 heavy (non-hydrogen) atoms. The Balaban J connectivity index is 1.92. The molecular formula is C19H18FN3O2. The van der Waals surface area contributed by atoms with Crippen molar-refractivity contribution in [1.29, 1.82) is 0 Å². The van der Waals surface area contributed by atoms with Crippen LogP contribution in [0.5, 0.6) is 0 Å². The normalized spacial score (nSPS) is 16.9. The Morgan fingerprint density at radius 1 is 1.04 bits per heavy atom. The molecule has 1 heterocycles. The Labute approximate surface area is 144 Å². The molecule has 3 N–H and O–H groups in total. The van der Waals surface area contributed by atoms with Crippen LogP contribution in [-0.4, -0.2) is 11.9 Å². The molecule has 0 spiro atoms. The van der Waals surface area contributed by atoms with E-state index in [1.165, 1.54) is 24.3 Å². The molecule has 5 nitrogen and oxygen atoms in total. The Bertz CT molecular complexity index is 842. The predicted molar refractivity (Wildman–Crippen MR) is 93.3 cm³/mol. The summed E-state index contributed by atoms with van der Waals surface area (Å²) in [4.78, 5) is 24.6. The largest absolute Gasteiger partial charge is 0.327 e. The highest BCUT2D eigenvalue weighted by atomic mass is 19.1. The molecule has 0 saturated heterocycles. The van der Waals surface area contributed by atoms with Crippen LogP contribution < -0.4 is 16.0 Å². The van der Waals surface area contributed by atoms with Crippen molar-refractivity contribution in [2.24, 2.45) is 0 Å². The lowest BCUT2D eigenvalue weighted by atomic mass is 9.94. The van der Waals surface area contributed by atoms with Gasteiger partial charge in [0.1, 0.15) is 5.82 Å². The zero-order valence-corrected chi connectivity index (χ0v) is 13.9. The van der Waals surface area contributed by atoms with Gasteiger partial charge < -0.3 is 16.0 Å². The van der Waals surface area contributed by atoms with E-state index in [4.69, 9.17) is 0 Å². The average molecular weight is 339 g/mol. The summed E-state index contributed by atoms with van der Waals surface area (Å²) in [5, 5.41) is 8.15. The molecule has 0 aliphatic carbocycles. The summed E-state index contributed by atoms with van der Waals surface area (Å²) in [6.07, 6.45) is 0. The van der Waals surface area contributed by atoms with Crippen LogP contribution in [0.4, 0.5) is 14.9 Å². The lowest BCUT2D eigenvalue weighted by molar-refractivity contribution is -0.113. The molecule has 0 radical (unpaired) electrons. The van der Waals surface area contributed by atoms with E-state index in [2.05, 4.69) is 16.0 Å². The van der Waals surface area contributed by atoms with Crippen LogP contribution in [0.25, 0.3) is 0 Å². The number of carbonyl (C=O) groups is 2. The van der Waals surface area contributed by atoms with Crippen molar-refractivity contribution in [2.45, 2.75) is 19.9 Å². The topological polar surface area (TPSA) is 70.2 Å². The van der Waals surface area contributed by atoms with Gasteiger partial charge in [0, 0.05) is 11.4 Å². The van der Waals surface area contributed by atoms with Gasteiger partial charge in [-0.2, -0.15) is 0 Å². The molecule has 2 aromatic carbocycles. The third-order valence-corrected chi connectivity index (χ3v) is 4.03. The zero-order chi connectivity index (χ0) is 18.0. The monoisotopic (exact) mass is 339 g/mol. The fourth-order valence-corrected chi connectivity index (χ4v) is 2.74. The fourth-order valence-electron chi connectivity index (χ4n) is 2.74. The van der Waals surface area contributed by atoms with Crippen molar-refractivity contribution < 1.29 is 14.0 Å². The van der Waals surface area contributed by atoms with Crippen molar-refractivity contribution in [3.05, 3.63) is 76.7 Å². The van der Waals surface area contributed by atoms with Crippen molar-refractivity contribution in [2.75, 3.05) is 5.32 Å². The standard InChI is InChI=1S/C19H18FN3O2/c1-11-3-5-13(6-4-11)17-16(12(2)21-19(25)23-17)18(24)22-15-9-7-14(20)8-10-15/h3-10,17H,1-2H3,(H,22,24)(H2,21,23,25). The highest BCUT2D eigenvalue weighted by Crippen LogP contribution is 2.28. The number of benzene rings is 2. The second-order valence-corrected chi connectivity index (χ2v) is 5.94. The van der Waals surface area contributed by atoms with Crippen LogP contribution >= 0.6 is 0 Å². The fraction of sp³-hybridized carbons (Fsp3) is 0.158. The Kier molecular flexibility index (Phi) is 4.52.